The lowest BCUT2D eigenvalue weighted by atomic mass is 10.2. The molecule has 0 atom stereocenters. The van der Waals surface area contributed by atoms with Gasteiger partial charge in [-0.25, -0.2) is 13.4 Å². The molecule has 0 saturated heterocycles. The van der Waals surface area contributed by atoms with E-state index in [0.717, 1.165) is 5.69 Å². The molecule has 0 radical (unpaired) electrons. The molecule has 114 valence electrons. The Hall–Kier alpha value is -2.24. The molecule has 0 spiro atoms. The van der Waals surface area contributed by atoms with Gasteiger partial charge in [-0.2, -0.15) is 5.26 Å². The molecule has 0 aliphatic rings. The molecular weight excluding hydrogens is 322 g/mol. The summed E-state index contributed by atoms with van der Waals surface area (Å²) in [6.45, 7) is 0. The van der Waals surface area contributed by atoms with Crippen molar-refractivity contribution < 1.29 is 13.2 Å². The van der Waals surface area contributed by atoms with Gasteiger partial charge in [0.2, 0.25) is 15.9 Å². The molecule has 0 bridgehead atoms. The van der Waals surface area contributed by atoms with Crippen molar-refractivity contribution in [3.63, 3.8) is 0 Å². The Balaban J connectivity index is 1.89. The van der Waals surface area contributed by atoms with Gasteiger partial charge in [-0.3, -0.25) is 9.52 Å². The van der Waals surface area contributed by atoms with Crippen LogP contribution >= 0.6 is 11.3 Å². The number of carbonyl (C=O) groups is 1. The number of nitriles is 1. The van der Waals surface area contributed by atoms with Crippen LogP contribution in [0.25, 0.3) is 0 Å². The number of nitrogens with one attached hydrogen (secondary N) is 1. The highest BCUT2D eigenvalue weighted by atomic mass is 32.2. The first-order valence-electron chi connectivity index (χ1n) is 6.38. The van der Waals surface area contributed by atoms with E-state index >= 15 is 0 Å². The van der Waals surface area contributed by atoms with Gasteiger partial charge in [-0.1, -0.05) is 12.1 Å². The summed E-state index contributed by atoms with van der Waals surface area (Å²) in [6, 6.07) is 8.13. The highest BCUT2D eigenvalue weighted by Crippen LogP contribution is 2.08. The number of benzene rings is 1. The molecule has 1 N–H and O–H groups in total. The van der Waals surface area contributed by atoms with E-state index < -0.39 is 15.9 Å². The van der Waals surface area contributed by atoms with Crippen molar-refractivity contribution in [2.45, 2.75) is 18.6 Å². The summed E-state index contributed by atoms with van der Waals surface area (Å²) >= 11 is 1.43. The van der Waals surface area contributed by atoms with E-state index in [9.17, 15) is 13.2 Å². The molecule has 8 heteroatoms. The molecule has 1 aromatic heterocycles. The number of sulfonamides is 1. The number of amides is 1. The van der Waals surface area contributed by atoms with Crippen molar-refractivity contribution in [2.75, 3.05) is 0 Å². The van der Waals surface area contributed by atoms with Gasteiger partial charge >= 0.3 is 0 Å². The van der Waals surface area contributed by atoms with E-state index in [0.29, 0.717) is 17.5 Å². The van der Waals surface area contributed by atoms with Gasteiger partial charge in [-0.15, -0.1) is 11.3 Å². The van der Waals surface area contributed by atoms with Crippen molar-refractivity contribution in [1.29, 1.82) is 5.26 Å². The van der Waals surface area contributed by atoms with Crippen LogP contribution in [0.3, 0.4) is 0 Å². The molecule has 2 aromatic rings. The summed E-state index contributed by atoms with van der Waals surface area (Å²) in [6.07, 6.45) is 0.470. The summed E-state index contributed by atoms with van der Waals surface area (Å²) in [5, 5.41) is 10.5. The highest BCUT2D eigenvalue weighted by Gasteiger charge is 2.15. The number of aromatic nitrogens is 1. The number of nitrogens with zero attached hydrogens (tertiary/aromatic N) is 2. The molecule has 0 fully saturated rings. The lowest BCUT2D eigenvalue weighted by molar-refractivity contribution is -0.119. The Morgan fingerprint density at radius 3 is 2.64 bits per heavy atom. The van der Waals surface area contributed by atoms with E-state index in [1.54, 1.807) is 17.6 Å². The maximum atomic E-state index is 11.9. The van der Waals surface area contributed by atoms with E-state index in [1.807, 2.05) is 16.2 Å². The zero-order valence-electron chi connectivity index (χ0n) is 11.5. The third-order valence-corrected chi connectivity index (χ3v) is 4.69. The van der Waals surface area contributed by atoms with Crippen LogP contribution in [0, 0.1) is 11.3 Å². The summed E-state index contributed by atoms with van der Waals surface area (Å²) < 4.78 is 25.9. The van der Waals surface area contributed by atoms with Crippen molar-refractivity contribution >= 4 is 27.3 Å². The van der Waals surface area contributed by atoms with Gasteiger partial charge in [-0.05, 0) is 24.1 Å². The molecule has 1 amide bonds. The number of aryl methyl sites for hydroxylation is 1. The topological polar surface area (TPSA) is 99.9 Å². The zero-order valence-corrected chi connectivity index (χ0v) is 13.2. The SMILES string of the molecule is N#Cc1ccc(CS(=O)(=O)NC(=O)CCc2cscn2)cc1. The van der Waals surface area contributed by atoms with Crippen molar-refractivity contribution in [2.24, 2.45) is 0 Å². The van der Waals surface area contributed by atoms with E-state index in [2.05, 4.69) is 4.98 Å². The van der Waals surface area contributed by atoms with Crippen LogP contribution in [0.15, 0.2) is 35.2 Å². The molecule has 6 nitrogen and oxygen atoms in total. The van der Waals surface area contributed by atoms with Crippen LogP contribution in [0.1, 0.15) is 23.2 Å². The highest BCUT2D eigenvalue weighted by molar-refractivity contribution is 7.89. The van der Waals surface area contributed by atoms with Crippen molar-refractivity contribution in [3.05, 3.63) is 52.0 Å². The molecule has 0 unspecified atom stereocenters. The molecule has 1 aromatic carbocycles. The Labute approximate surface area is 132 Å². The molecule has 0 aliphatic carbocycles. The largest absolute Gasteiger partial charge is 0.274 e. The van der Waals surface area contributed by atoms with Gasteiger partial charge in [0.05, 0.1) is 28.6 Å². The number of rotatable bonds is 6. The zero-order chi connectivity index (χ0) is 16.0. The normalized spacial score (nSPS) is 10.9. The monoisotopic (exact) mass is 335 g/mol. The fourth-order valence-electron chi connectivity index (χ4n) is 1.76. The van der Waals surface area contributed by atoms with E-state index in [4.69, 9.17) is 5.26 Å². The maximum Gasteiger partial charge on any atom is 0.239 e. The van der Waals surface area contributed by atoms with Crippen molar-refractivity contribution in [1.82, 2.24) is 9.71 Å². The van der Waals surface area contributed by atoms with Crippen LogP contribution in [0.2, 0.25) is 0 Å². The van der Waals surface area contributed by atoms with Gasteiger partial charge < -0.3 is 0 Å². The molecule has 2 rings (SSSR count). The lowest BCUT2D eigenvalue weighted by Gasteiger charge is -2.06. The van der Waals surface area contributed by atoms with Crippen LogP contribution in [0.4, 0.5) is 0 Å². The van der Waals surface area contributed by atoms with Crippen LogP contribution < -0.4 is 4.72 Å². The minimum Gasteiger partial charge on any atom is -0.274 e. The average molecular weight is 335 g/mol. The van der Waals surface area contributed by atoms with Gasteiger partial charge in [0.25, 0.3) is 0 Å². The van der Waals surface area contributed by atoms with Gasteiger partial charge in [0.1, 0.15) is 0 Å². The Morgan fingerprint density at radius 2 is 2.05 bits per heavy atom. The first-order valence-corrected chi connectivity index (χ1v) is 8.97. The van der Waals surface area contributed by atoms with Crippen molar-refractivity contribution in [3.8, 4) is 6.07 Å². The summed E-state index contributed by atoms with van der Waals surface area (Å²) in [5.74, 6) is -0.858. The van der Waals surface area contributed by atoms with Crippen LogP contribution in [-0.2, 0) is 27.0 Å². The van der Waals surface area contributed by atoms with E-state index in [-0.39, 0.29) is 12.2 Å². The Bertz CT molecular complexity index is 776. The van der Waals surface area contributed by atoms with Gasteiger partial charge in [0.15, 0.2) is 0 Å². The summed E-state index contributed by atoms with van der Waals surface area (Å²) in [4.78, 5) is 15.7. The second-order valence-corrected chi connectivity index (χ2v) is 7.01. The van der Waals surface area contributed by atoms with E-state index in [1.165, 1.54) is 23.5 Å². The summed E-state index contributed by atoms with van der Waals surface area (Å²) in [7, 11) is -3.74. The minimum absolute atomic E-state index is 0.0658. The molecule has 0 saturated carbocycles. The fourth-order valence-corrected chi connectivity index (χ4v) is 3.50. The lowest BCUT2D eigenvalue weighted by Crippen LogP contribution is -2.31. The van der Waals surface area contributed by atoms with Gasteiger partial charge in [0, 0.05) is 11.8 Å². The first kappa shape index (κ1) is 16.1. The molecule has 22 heavy (non-hydrogen) atoms. The first-order chi connectivity index (χ1) is 10.5. The van der Waals surface area contributed by atoms with Crippen LogP contribution in [-0.4, -0.2) is 19.3 Å². The number of hydrogen-bond donors (Lipinski definition) is 1. The quantitative estimate of drug-likeness (QED) is 0.864. The van der Waals surface area contributed by atoms with Crippen LogP contribution in [0.5, 0.6) is 0 Å². The second kappa shape index (κ2) is 7.15. The standard InChI is InChI=1S/C14H13N3O3S2/c15-7-11-1-3-12(4-2-11)9-22(19,20)17-14(18)6-5-13-8-21-10-16-13/h1-4,8,10H,5-6,9H2,(H,17,18). The summed E-state index contributed by atoms with van der Waals surface area (Å²) in [5.41, 5.74) is 3.39. The second-order valence-electron chi connectivity index (χ2n) is 4.57. The molecular formula is C14H13N3O3S2. The molecule has 0 aliphatic heterocycles. The number of carbonyl (C=O) groups excluding carboxylic acids is 1. The average Bonchev–Trinajstić information content (AvgIpc) is 2.98. The molecule has 1 heterocycles. The fraction of sp³-hybridized carbons (Fsp3) is 0.214. The Morgan fingerprint density at radius 1 is 1.32 bits per heavy atom. The maximum absolute atomic E-state index is 11.9. The Kier molecular flexibility index (Phi) is 5.25. The number of thiazole rings is 1. The minimum atomic E-state index is -3.74. The predicted octanol–water partition coefficient (Wildman–Crippen LogP) is 1.59. The smallest absolute Gasteiger partial charge is 0.239 e. The number of hydrogen-bond acceptors (Lipinski definition) is 6. The predicted molar refractivity (Wildman–Crippen MR) is 82.4 cm³/mol. The third kappa shape index (κ3) is 4.95. The third-order valence-electron chi connectivity index (χ3n) is 2.80.